The van der Waals surface area contributed by atoms with Crippen LogP contribution < -0.4 is 20.3 Å². The first-order valence-corrected chi connectivity index (χ1v) is 9.76. The zero-order valence-corrected chi connectivity index (χ0v) is 16.0. The second-order valence-corrected chi connectivity index (χ2v) is 7.47. The number of ether oxygens (including phenoxy) is 1. The molecule has 1 saturated carbocycles. The molecule has 1 aliphatic rings. The Morgan fingerprint density at radius 1 is 1.23 bits per heavy atom. The van der Waals surface area contributed by atoms with Crippen molar-refractivity contribution < 1.29 is 14.4 Å². The summed E-state index contributed by atoms with van der Waals surface area (Å²) >= 11 is 0. The lowest BCUT2D eigenvalue weighted by Gasteiger charge is -2.13. The van der Waals surface area contributed by atoms with Gasteiger partial charge in [0.05, 0.1) is 12.8 Å². The summed E-state index contributed by atoms with van der Waals surface area (Å²) in [5, 5.41) is 3.27. The Balaban J connectivity index is 0.00000243. The van der Waals surface area contributed by atoms with Crippen molar-refractivity contribution in [2.45, 2.75) is 12.8 Å². The molecular weight excluding hydrogens is 354 g/mol. The van der Waals surface area contributed by atoms with Crippen LogP contribution in [0.25, 0.3) is 11.1 Å². The summed E-state index contributed by atoms with van der Waals surface area (Å²) in [4.78, 5) is 12.3. The normalized spacial score (nSPS) is 14.3. The Bertz CT molecular complexity index is 862. The molecule has 26 heavy (non-hydrogen) atoms. The lowest BCUT2D eigenvalue weighted by Crippen LogP contribution is -2.21. The van der Waals surface area contributed by atoms with Gasteiger partial charge in [0, 0.05) is 31.6 Å². The highest BCUT2D eigenvalue weighted by atomic mass is 32.2. The number of rotatable bonds is 7. The number of nitrogens with zero attached hydrogens (tertiary/aromatic N) is 1. The Labute approximate surface area is 155 Å². The van der Waals surface area contributed by atoms with Crippen molar-refractivity contribution in [1.29, 1.82) is 0 Å². The van der Waals surface area contributed by atoms with Gasteiger partial charge in [-0.2, -0.15) is 0 Å². The zero-order valence-electron chi connectivity index (χ0n) is 15.2. The molecule has 2 aromatic rings. The van der Waals surface area contributed by atoms with E-state index in [1.807, 2.05) is 24.3 Å². The van der Waals surface area contributed by atoms with E-state index in [0.717, 1.165) is 17.7 Å². The minimum absolute atomic E-state index is 0. The number of hydrogen-bond acceptors (Lipinski definition) is 4. The highest BCUT2D eigenvalue weighted by Gasteiger charge is 2.21. The number of hydrogen-bond donors (Lipinski definition) is 2. The third-order valence-electron chi connectivity index (χ3n) is 4.25. The van der Waals surface area contributed by atoms with E-state index in [0.29, 0.717) is 23.0 Å². The molecule has 1 fully saturated rings. The smallest absolute Gasteiger partial charge is 0.273 e. The number of aromatic nitrogens is 1. The van der Waals surface area contributed by atoms with Crippen LogP contribution in [0.1, 0.15) is 12.8 Å². The van der Waals surface area contributed by atoms with Gasteiger partial charge >= 0.3 is 0 Å². The molecular formula is C18H25N3O4S. The Hall–Kier alpha value is -2.32. The summed E-state index contributed by atoms with van der Waals surface area (Å²) in [7, 11) is 2.12. The summed E-state index contributed by atoms with van der Waals surface area (Å²) in [5.41, 5.74) is 3.05. The topological polar surface area (TPSA) is 104 Å². The minimum atomic E-state index is -1.20. The first-order valence-electron chi connectivity index (χ1n) is 8.21. The van der Waals surface area contributed by atoms with Gasteiger partial charge in [-0.15, -0.1) is 0 Å². The van der Waals surface area contributed by atoms with Crippen molar-refractivity contribution in [2.24, 2.45) is 13.0 Å². The predicted molar refractivity (Wildman–Crippen MR) is 106 cm³/mol. The predicted octanol–water partition coefficient (Wildman–Crippen LogP) is 1.76. The number of benzene rings is 1. The van der Waals surface area contributed by atoms with Crippen molar-refractivity contribution in [3.63, 3.8) is 0 Å². The van der Waals surface area contributed by atoms with Crippen molar-refractivity contribution in [1.82, 2.24) is 4.57 Å². The van der Waals surface area contributed by atoms with E-state index in [9.17, 15) is 9.00 Å². The third kappa shape index (κ3) is 4.64. The molecule has 3 rings (SSSR count). The fourth-order valence-corrected chi connectivity index (χ4v) is 3.16. The summed E-state index contributed by atoms with van der Waals surface area (Å²) in [5.74, 6) is 1.31. The lowest BCUT2D eigenvalue weighted by molar-refractivity contribution is 0.417. The monoisotopic (exact) mass is 379 g/mol. The van der Waals surface area contributed by atoms with Gasteiger partial charge in [0.1, 0.15) is 22.4 Å². The number of nitrogens with one attached hydrogen (secondary N) is 2. The summed E-state index contributed by atoms with van der Waals surface area (Å²) in [6.07, 6.45) is 5.83. The largest absolute Gasteiger partial charge is 0.495 e. The van der Waals surface area contributed by atoms with Crippen LogP contribution in [0.2, 0.25) is 0 Å². The minimum Gasteiger partial charge on any atom is -0.495 e. The molecule has 1 unspecified atom stereocenters. The lowest BCUT2D eigenvalue weighted by atomic mass is 10.1. The molecule has 1 aromatic heterocycles. The van der Waals surface area contributed by atoms with E-state index in [-0.39, 0.29) is 11.0 Å². The van der Waals surface area contributed by atoms with Gasteiger partial charge in [0.2, 0.25) is 0 Å². The Morgan fingerprint density at radius 2 is 1.92 bits per heavy atom. The van der Waals surface area contributed by atoms with Crippen molar-refractivity contribution >= 4 is 22.4 Å². The summed E-state index contributed by atoms with van der Waals surface area (Å²) in [6, 6.07) is 7.50. The van der Waals surface area contributed by atoms with Gasteiger partial charge < -0.3 is 24.8 Å². The van der Waals surface area contributed by atoms with Crippen LogP contribution in [0.5, 0.6) is 5.75 Å². The molecule has 1 aliphatic carbocycles. The average Bonchev–Trinajstić information content (AvgIpc) is 3.40. The molecule has 0 saturated heterocycles. The first-order chi connectivity index (χ1) is 12.0. The standard InChI is InChI=1S/C18H23N3O3S.H2O/c1-21-11-14(9-16(18(21)22)19-10-12-4-5-12)13-6-7-17(24-2)15(8-13)20-25(3)23;/h6-9,11-12,19-20H,4-5,10H2,1-3H3;1H2. The molecule has 0 radical (unpaired) electrons. The molecule has 8 heteroatoms. The van der Waals surface area contributed by atoms with Crippen LogP contribution in [-0.2, 0) is 18.0 Å². The second-order valence-electron chi connectivity index (χ2n) is 6.35. The number of pyridine rings is 1. The van der Waals surface area contributed by atoms with Gasteiger partial charge in [-0.05, 0) is 42.5 Å². The molecule has 0 aliphatic heterocycles. The molecule has 1 heterocycles. The fraction of sp³-hybridized carbons (Fsp3) is 0.389. The van der Waals surface area contributed by atoms with Crippen LogP contribution >= 0.6 is 0 Å². The van der Waals surface area contributed by atoms with Crippen LogP contribution in [0.15, 0.2) is 35.3 Å². The Kier molecular flexibility index (Phi) is 6.44. The second kappa shape index (κ2) is 8.37. The molecule has 0 bridgehead atoms. The quantitative estimate of drug-likeness (QED) is 0.765. The van der Waals surface area contributed by atoms with Crippen molar-refractivity contribution in [3.05, 3.63) is 40.8 Å². The summed E-state index contributed by atoms with van der Waals surface area (Å²) < 4.78 is 21.3. The number of methoxy groups -OCH3 is 1. The summed E-state index contributed by atoms with van der Waals surface area (Å²) in [6.45, 7) is 0.836. The molecule has 0 spiro atoms. The van der Waals surface area contributed by atoms with Crippen molar-refractivity contribution in [2.75, 3.05) is 29.9 Å². The molecule has 142 valence electrons. The third-order valence-corrected chi connectivity index (χ3v) is 4.76. The van der Waals surface area contributed by atoms with E-state index in [1.165, 1.54) is 12.8 Å². The van der Waals surface area contributed by atoms with E-state index in [2.05, 4.69) is 10.0 Å². The van der Waals surface area contributed by atoms with Crippen LogP contribution in [-0.4, -0.2) is 34.2 Å². The average molecular weight is 379 g/mol. The zero-order chi connectivity index (χ0) is 18.0. The van der Waals surface area contributed by atoms with Gasteiger partial charge in [0.25, 0.3) is 5.56 Å². The van der Waals surface area contributed by atoms with E-state index in [4.69, 9.17) is 4.74 Å². The molecule has 1 atom stereocenters. The van der Waals surface area contributed by atoms with Crippen molar-refractivity contribution in [3.8, 4) is 16.9 Å². The molecule has 7 nitrogen and oxygen atoms in total. The van der Waals surface area contributed by atoms with Crippen LogP contribution in [0.3, 0.4) is 0 Å². The van der Waals surface area contributed by atoms with E-state index >= 15 is 0 Å². The van der Waals surface area contributed by atoms with Crippen LogP contribution in [0.4, 0.5) is 11.4 Å². The van der Waals surface area contributed by atoms with Gasteiger partial charge in [0.15, 0.2) is 0 Å². The maximum absolute atomic E-state index is 12.3. The van der Waals surface area contributed by atoms with Gasteiger partial charge in [-0.3, -0.25) is 4.79 Å². The van der Waals surface area contributed by atoms with E-state index in [1.54, 1.807) is 31.2 Å². The van der Waals surface area contributed by atoms with Gasteiger partial charge in [-0.1, -0.05) is 6.07 Å². The highest BCUT2D eigenvalue weighted by Crippen LogP contribution is 2.32. The molecule has 0 amide bonds. The fourth-order valence-electron chi connectivity index (χ4n) is 2.69. The first kappa shape index (κ1) is 20.0. The maximum atomic E-state index is 12.3. The molecule has 1 aromatic carbocycles. The number of aryl methyl sites for hydroxylation is 1. The molecule has 4 N–H and O–H groups in total. The number of anilines is 2. The highest BCUT2D eigenvalue weighted by molar-refractivity contribution is 7.85. The maximum Gasteiger partial charge on any atom is 0.273 e. The Morgan fingerprint density at radius 3 is 2.54 bits per heavy atom. The van der Waals surface area contributed by atoms with Gasteiger partial charge in [-0.25, -0.2) is 4.21 Å². The SMILES string of the molecule is COc1ccc(-c2cc(NCC3CC3)c(=O)n(C)c2)cc1NS(C)=O.O. The van der Waals surface area contributed by atoms with Crippen LogP contribution in [0, 0.1) is 5.92 Å². The van der Waals surface area contributed by atoms with E-state index < -0.39 is 11.0 Å².